The highest BCUT2D eigenvalue weighted by Gasteiger charge is 2.28. The average molecular weight is 188 g/mol. The molecule has 0 aromatic carbocycles. The minimum absolute atomic E-state index is 0.109. The van der Waals surface area contributed by atoms with Gasteiger partial charge in [0.15, 0.2) is 5.92 Å². The van der Waals surface area contributed by atoms with Crippen LogP contribution in [0.5, 0.6) is 0 Å². The Bertz CT molecular complexity index is 184. The Kier molecular flexibility index (Phi) is 4.45. The molecule has 0 saturated carbocycles. The maximum atomic E-state index is 10.5. The van der Waals surface area contributed by atoms with Crippen molar-refractivity contribution in [3.05, 3.63) is 0 Å². The van der Waals surface area contributed by atoms with Crippen LogP contribution in [0.2, 0.25) is 0 Å². The standard InChI is InChI=1S/C9H16O4/c1-5(2)6(3)4-7(8(10)11)9(12)13/h5-7H,4H2,1-3H3,(H,10,11)(H,12,13). The number of carboxylic acid groups (broad SMARTS) is 2. The van der Waals surface area contributed by atoms with Crippen LogP contribution < -0.4 is 0 Å². The van der Waals surface area contributed by atoms with E-state index >= 15 is 0 Å². The van der Waals surface area contributed by atoms with Crippen molar-refractivity contribution in [2.75, 3.05) is 0 Å². The molecule has 4 heteroatoms. The van der Waals surface area contributed by atoms with Crippen molar-refractivity contribution < 1.29 is 19.8 Å². The van der Waals surface area contributed by atoms with Gasteiger partial charge in [-0.15, -0.1) is 0 Å². The first-order valence-corrected chi connectivity index (χ1v) is 4.31. The van der Waals surface area contributed by atoms with Gasteiger partial charge in [0.2, 0.25) is 0 Å². The van der Waals surface area contributed by atoms with Gasteiger partial charge in [-0.2, -0.15) is 0 Å². The SMILES string of the molecule is CC(C)C(C)CC(C(=O)O)C(=O)O. The van der Waals surface area contributed by atoms with Gasteiger partial charge in [-0.1, -0.05) is 20.8 Å². The fraction of sp³-hybridized carbons (Fsp3) is 0.778. The van der Waals surface area contributed by atoms with E-state index in [1.54, 1.807) is 0 Å². The quantitative estimate of drug-likeness (QED) is 0.640. The molecule has 4 nitrogen and oxygen atoms in total. The summed E-state index contributed by atoms with van der Waals surface area (Å²) in [5, 5.41) is 17.2. The first kappa shape index (κ1) is 11.9. The Hall–Kier alpha value is -1.06. The highest BCUT2D eigenvalue weighted by molar-refractivity contribution is 5.92. The van der Waals surface area contributed by atoms with Gasteiger partial charge in [0.25, 0.3) is 0 Å². The summed E-state index contributed by atoms with van der Waals surface area (Å²) in [5.41, 5.74) is 0. The third-order valence-electron chi connectivity index (χ3n) is 2.34. The Morgan fingerprint density at radius 3 is 1.69 bits per heavy atom. The van der Waals surface area contributed by atoms with E-state index in [4.69, 9.17) is 10.2 Å². The molecule has 76 valence electrons. The van der Waals surface area contributed by atoms with Crippen molar-refractivity contribution in [2.24, 2.45) is 17.8 Å². The predicted molar refractivity (Wildman–Crippen MR) is 47.4 cm³/mol. The van der Waals surface area contributed by atoms with Gasteiger partial charge in [-0.25, -0.2) is 0 Å². The van der Waals surface area contributed by atoms with Crippen LogP contribution in [0.4, 0.5) is 0 Å². The lowest BCUT2D eigenvalue weighted by Gasteiger charge is -2.17. The molecular weight excluding hydrogens is 172 g/mol. The minimum Gasteiger partial charge on any atom is -0.481 e. The van der Waals surface area contributed by atoms with Crippen molar-refractivity contribution in [3.63, 3.8) is 0 Å². The Morgan fingerprint density at radius 1 is 1.08 bits per heavy atom. The second-order valence-corrected chi connectivity index (χ2v) is 3.69. The van der Waals surface area contributed by atoms with Gasteiger partial charge in [0, 0.05) is 0 Å². The van der Waals surface area contributed by atoms with Gasteiger partial charge in [0.05, 0.1) is 0 Å². The number of rotatable bonds is 5. The summed E-state index contributed by atoms with van der Waals surface area (Å²) in [6, 6.07) is 0. The number of hydrogen-bond donors (Lipinski definition) is 2. The second-order valence-electron chi connectivity index (χ2n) is 3.69. The first-order chi connectivity index (χ1) is 5.86. The third-order valence-corrected chi connectivity index (χ3v) is 2.34. The molecule has 0 rings (SSSR count). The zero-order chi connectivity index (χ0) is 10.6. The molecule has 0 aliphatic rings. The summed E-state index contributed by atoms with van der Waals surface area (Å²) in [6.45, 7) is 5.76. The molecular formula is C9H16O4. The molecule has 0 bridgehead atoms. The van der Waals surface area contributed by atoms with E-state index in [2.05, 4.69) is 0 Å². The third kappa shape index (κ3) is 3.92. The molecule has 13 heavy (non-hydrogen) atoms. The summed E-state index contributed by atoms with van der Waals surface area (Å²) in [4.78, 5) is 21.0. The van der Waals surface area contributed by atoms with Crippen LogP contribution in [0.25, 0.3) is 0 Å². The molecule has 0 heterocycles. The summed E-state index contributed by atoms with van der Waals surface area (Å²) >= 11 is 0. The summed E-state index contributed by atoms with van der Waals surface area (Å²) in [6.07, 6.45) is 0.197. The number of carboxylic acids is 2. The molecule has 2 N–H and O–H groups in total. The topological polar surface area (TPSA) is 74.6 Å². The van der Waals surface area contributed by atoms with Crippen LogP contribution in [0.3, 0.4) is 0 Å². The number of carbonyl (C=O) groups is 2. The Labute approximate surface area is 77.6 Å². The van der Waals surface area contributed by atoms with Gasteiger partial charge >= 0.3 is 11.9 Å². The van der Waals surface area contributed by atoms with Crippen molar-refractivity contribution in [1.29, 1.82) is 0 Å². The van der Waals surface area contributed by atoms with Gasteiger partial charge in [-0.3, -0.25) is 9.59 Å². The van der Waals surface area contributed by atoms with Crippen molar-refractivity contribution >= 4 is 11.9 Å². The Morgan fingerprint density at radius 2 is 1.46 bits per heavy atom. The van der Waals surface area contributed by atoms with Crippen LogP contribution in [0.15, 0.2) is 0 Å². The van der Waals surface area contributed by atoms with E-state index in [-0.39, 0.29) is 12.3 Å². The van der Waals surface area contributed by atoms with E-state index in [1.165, 1.54) is 0 Å². The molecule has 0 aromatic rings. The molecule has 0 radical (unpaired) electrons. The highest BCUT2D eigenvalue weighted by atomic mass is 16.4. The lowest BCUT2D eigenvalue weighted by atomic mass is 9.88. The molecule has 0 fully saturated rings. The summed E-state index contributed by atoms with van der Waals surface area (Å²) in [5.74, 6) is -3.35. The zero-order valence-corrected chi connectivity index (χ0v) is 8.15. The Balaban J connectivity index is 4.27. The maximum absolute atomic E-state index is 10.5. The van der Waals surface area contributed by atoms with Gasteiger partial charge < -0.3 is 10.2 Å². The van der Waals surface area contributed by atoms with Crippen molar-refractivity contribution in [1.82, 2.24) is 0 Å². The van der Waals surface area contributed by atoms with Gasteiger partial charge in [-0.05, 0) is 18.3 Å². The van der Waals surface area contributed by atoms with E-state index in [0.29, 0.717) is 5.92 Å². The van der Waals surface area contributed by atoms with Crippen LogP contribution >= 0.6 is 0 Å². The molecule has 1 unspecified atom stereocenters. The molecule has 0 saturated heterocycles. The lowest BCUT2D eigenvalue weighted by Crippen LogP contribution is -2.26. The largest absolute Gasteiger partial charge is 0.481 e. The molecule has 0 aromatic heterocycles. The van der Waals surface area contributed by atoms with Crippen LogP contribution in [-0.4, -0.2) is 22.2 Å². The molecule has 0 aliphatic heterocycles. The minimum atomic E-state index is -1.27. The number of hydrogen-bond acceptors (Lipinski definition) is 2. The zero-order valence-electron chi connectivity index (χ0n) is 8.15. The average Bonchev–Trinajstić information content (AvgIpc) is 1.97. The molecule has 0 spiro atoms. The predicted octanol–water partition coefficient (Wildman–Crippen LogP) is 1.45. The summed E-state index contributed by atoms with van der Waals surface area (Å²) in [7, 11) is 0. The normalized spacial score (nSPS) is 13.3. The number of aliphatic carboxylic acids is 2. The lowest BCUT2D eigenvalue weighted by molar-refractivity contribution is -0.155. The van der Waals surface area contributed by atoms with Gasteiger partial charge in [0.1, 0.15) is 0 Å². The highest BCUT2D eigenvalue weighted by Crippen LogP contribution is 2.20. The monoisotopic (exact) mass is 188 g/mol. The van der Waals surface area contributed by atoms with Crippen LogP contribution in [-0.2, 0) is 9.59 Å². The summed E-state index contributed by atoms with van der Waals surface area (Å²) < 4.78 is 0. The smallest absolute Gasteiger partial charge is 0.317 e. The molecule has 1 atom stereocenters. The first-order valence-electron chi connectivity index (χ1n) is 4.31. The van der Waals surface area contributed by atoms with Crippen molar-refractivity contribution in [2.45, 2.75) is 27.2 Å². The fourth-order valence-electron chi connectivity index (χ4n) is 0.951. The maximum Gasteiger partial charge on any atom is 0.317 e. The van der Waals surface area contributed by atoms with E-state index < -0.39 is 17.9 Å². The molecule has 0 aliphatic carbocycles. The fourth-order valence-corrected chi connectivity index (χ4v) is 0.951. The van der Waals surface area contributed by atoms with Crippen molar-refractivity contribution in [3.8, 4) is 0 Å². The van der Waals surface area contributed by atoms with Crippen LogP contribution in [0, 0.1) is 17.8 Å². The molecule has 0 amide bonds. The van der Waals surface area contributed by atoms with Crippen LogP contribution in [0.1, 0.15) is 27.2 Å². The van der Waals surface area contributed by atoms with E-state index in [9.17, 15) is 9.59 Å². The second kappa shape index (κ2) is 4.84. The van der Waals surface area contributed by atoms with E-state index in [1.807, 2.05) is 20.8 Å². The van der Waals surface area contributed by atoms with E-state index in [0.717, 1.165) is 0 Å².